The van der Waals surface area contributed by atoms with Gasteiger partial charge in [-0.3, -0.25) is 4.79 Å². The zero-order valence-electron chi connectivity index (χ0n) is 28.1. The molecule has 0 spiro atoms. The minimum atomic E-state index is -4.80. The number of halogens is 4. The first kappa shape index (κ1) is 36.6. The molecule has 2 N–H and O–H groups in total. The standard InChI is InChI=1S/C40H33F4N5O4/c41-33-22-26(21-32(23-33)40(42,43)44)25-46-38(51)39(24-31-9-4-5-10-35(31)48-49-45)36(29-13-11-28(12-14-29)27-7-2-1-3-8-27)53-37(47-39)30-15-17-34(18-16-30)52-20-6-19-50/h1-5,7-18,21-23,36,50H,6,19-20,24-25H2,(H,46,51)/t36-,39-/m1/s1. The Kier molecular flexibility index (Phi) is 11.1. The fourth-order valence-electron chi connectivity index (χ4n) is 6.11. The third kappa shape index (κ3) is 8.49. The zero-order chi connectivity index (χ0) is 37.4. The van der Waals surface area contributed by atoms with Gasteiger partial charge in [-0.2, -0.15) is 13.2 Å². The number of hydrogen-bond acceptors (Lipinski definition) is 6. The Morgan fingerprint density at radius 1 is 0.925 bits per heavy atom. The number of rotatable bonds is 13. The highest BCUT2D eigenvalue weighted by Gasteiger charge is 2.53. The number of aliphatic hydroxyl groups excluding tert-OH is 1. The largest absolute Gasteiger partial charge is 0.494 e. The molecule has 1 aliphatic heterocycles. The molecule has 53 heavy (non-hydrogen) atoms. The summed E-state index contributed by atoms with van der Waals surface area (Å²) < 4.78 is 67.2. The molecule has 1 amide bonds. The lowest BCUT2D eigenvalue weighted by Crippen LogP contribution is -2.49. The second kappa shape index (κ2) is 16.0. The Morgan fingerprint density at radius 3 is 2.30 bits per heavy atom. The summed E-state index contributed by atoms with van der Waals surface area (Å²) in [5.41, 5.74) is 9.84. The molecular weight excluding hydrogens is 690 g/mol. The maximum Gasteiger partial charge on any atom is 0.416 e. The average molecular weight is 724 g/mol. The van der Waals surface area contributed by atoms with Crippen molar-refractivity contribution in [2.45, 2.75) is 37.2 Å². The van der Waals surface area contributed by atoms with Gasteiger partial charge in [-0.25, -0.2) is 9.38 Å². The lowest BCUT2D eigenvalue weighted by Gasteiger charge is -2.31. The van der Waals surface area contributed by atoms with Crippen LogP contribution in [0.5, 0.6) is 5.75 Å². The van der Waals surface area contributed by atoms with Crippen LogP contribution in [0.4, 0.5) is 23.2 Å². The van der Waals surface area contributed by atoms with Crippen LogP contribution in [0.2, 0.25) is 0 Å². The molecule has 6 rings (SSSR count). The van der Waals surface area contributed by atoms with Crippen LogP contribution in [0.15, 0.2) is 131 Å². The van der Waals surface area contributed by atoms with Crippen LogP contribution >= 0.6 is 0 Å². The zero-order valence-corrected chi connectivity index (χ0v) is 28.1. The van der Waals surface area contributed by atoms with Crippen molar-refractivity contribution in [1.82, 2.24) is 5.32 Å². The molecule has 0 aliphatic carbocycles. The van der Waals surface area contributed by atoms with Crippen LogP contribution in [-0.2, 0) is 28.7 Å². The summed E-state index contributed by atoms with van der Waals surface area (Å²) in [5, 5.41) is 15.6. The number of alkyl halides is 3. The van der Waals surface area contributed by atoms with Crippen molar-refractivity contribution in [2.24, 2.45) is 10.1 Å². The Morgan fingerprint density at radius 2 is 1.60 bits per heavy atom. The van der Waals surface area contributed by atoms with Crippen LogP contribution in [-0.4, -0.2) is 35.7 Å². The molecule has 1 aliphatic rings. The lowest BCUT2D eigenvalue weighted by molar-refractivity contribution is -0.137. The maximum atomic E-state index is 14.7. The smallest absolute Gasteiger partial charge is 0.416 e. The van der Waals surface area contributed by atoms with E-state index in [0.717, 1.165) is 23.3 Å². The number of azide groups is 1. The normalized spacial score (nSPS) is 16.6. The second-order valence-electron chi connectivity index (χ2n) is 12.3. The van der Waals surface area contributed by atoms with E-state index in [9.17, 15) is 27.9 Å². The number of carbonyl (C=O) groups excluding carboxylic acids is 1. The highest BCUT2D eigenvalue weighted by Crippen LogP contribution is 2.44. The van der Waals surface area contributed by atoms with Crippen molar-refractivity contribution >= 4 is 17.5 Å². The topological polar surface area (TPSA) is 129 Å². The number of nitrogens with one attached hydrogen (secondary N) is 1. The molecule has 0 fully saturated rings. The van der Waals surface area contributed by atoms with Gasteiger partial charge in [0.1, 0.15) is 11.6 Å². The van der Waals surface area contributed by atoms with Crippen molar-refractivity contribution in [2.75, 3.05) is 13.2 Å². The Balaban J connectivity index is 1.45. The molecule has 5 aromatic rings. The van der Waals surface area contributed by atoms with Gasteiger partial charge in [0.25, 0.3) is 5.91 Å². The molecular formula is C40H33F4N5O4. The number of nitrogens with zero attached hydrogens (tertiary/aromatic N) is 4. The molecule has 270 valence electrons. The molecule has 0 saturated heterocycles. The SMILES string of the molecule is [N-]=[N+]=Nc1ccccc1C[C@@]1(C(=O)NCc2cc(F)cc(C(F)(F)F)c2)N=C(c2ccc(OCCCO)cc2)O[C@@H]1c1ccc(-c2ccccc2)cc1. The average Bonchev–Trinajstić information content (AvgIpc) is 3.55. The van der Waals surface area contributed by atoms with E-state index in [1.54, 1.807) is 48.5 Å². The van der Waals surface area contributed by atoms with E-state index in [-0.39, 0.29) is 30.2 Å². The summed E-state index contributed by atoms with van der Waals surface area (Å²) in [6.45, 7) is -0.173. The van der Waals surface area contributed by atoms with Gasteiger partial charge in [-0.1, -0.05) is 84.0 Å². The van der Waals surface area contributed by atoms with E-state index >= 15 is 0 Å². The summed E-state index contributed by atoms with van der Waals surface area (Å²) in [7, 11) is 0. The minimum Gasteiger partial charge on any atom is -0.494 e. The predicted octanol–water partition coefficient (Wildman–Crippen LogP) is 9.03. The fraction of sp³-hybridized carbons (Fsp3) is 0.200. The summed E-state index contributed by atoms with van der Waals surface area (Å²) >= 11 is 0. The number of hydrogen-bond donors (Lipinski definition) is 2. The summed E-state index contributed by atoms with van der Waals surface area (Å²) in [6.07, 6.45) is -5.59. The van der Waals surface area contributed by atoms with Crippen LogP contribution in [0, 0.1) is 5.82 Å². The monoisotopic (exact) mass is 723 g/mol. The lowest BCUT2D eigenvalue weighted by atomic mass is 9.81. The molecule has 0 radical (unpaired) electrons. The first-order valence-electron chi connectivity index (χ1n) is 16.6. The van der Waals surface area contributed by atoms with Crippen molar-refractivity contribution in [3.8, 4) is 16.9 Å². The second-order valence-corrected chi connectivity index (χ2v) is 12.3. The molecule has 9 nitrogen and oxygen atoms in total. The van der Waals surface area contributed by atoms with E-state index in [1.165, 1.54) is 0 Å². The summed E-state index contributed by atoms with van der Waals surface area (Å²) in [6, 6.07) is 32.6. The third-order valence-corrected chi connectivity index (χ3v) is 8.69. The highest BCUT2D eigenvalue weighted by atomic mass is 19.4. The highest BCUT2D eigenvalue weighted by molar-refractivity contribution is 6.01. The predicted molar refractivity (Wildman–Crippen MR) is 191 cm³/mol. The number of ether oxygens (including phenoxy) is 2. The number of amides is 1. The van der Waals surface area contributed by atoms with Crippen molar-refractivity contribution < 1.29 is 36.9 Å². The summed E-state index contributed by atoms with van der Waals surface area (Å²) in [4.78, 5) is 22.5. The van der Waals surface area contributed by atoms with Gasteiger partial charge < -0.3 is 19.9 Å². The van der Waals surface area contributed by atoms with Crippen LogP contribution in [0.1, 0.15) is 40.3 Å². The van der Waals surface area contributed by atoms with Gasteiger partial charge in [0.05, 0.1) is 12.2 Å². The molecule has 2 atom stereocenters. The molecule has 0 bridgehead atoms. The van der Waals surface area contributed by atoms with E-state index in [1.807, 2.05) is 54.6 Å². The van der Waals surface area contributed by atoms with Gasteiger partial charge in [0.2, 0.25) is 5.90 Å². The van der Waals surface area contributed by atoms with Gasteiger partial charge in [-0.15, -0.1) is 0 Å². The van der Waals surface area contributed by atoms with E-state index in [0.29, 0.717) is 41.5 Å². The maximum absolute atomic E-state index is 14.7. The Bertz CT molecular complexity index is 2140. The minimum absolute atomic E-state index is 0.0217. The van der Waals surface area contributed by atoms with Gasteiger partial charge in [-0.05, 0) is 75.8 Å². The molecule has 0 aromatic heterocycles. The molecule has 0 saturated carbocycles. The van der Waals surface area contributed by atoms with E-state index < -0.39 is 41.7 Å². The van der Waals surface area contributed by atoms with Gasteiger partial charge >= 0.3 is 6.18 Å². The van der Waals surface area contributed by atoms with E-state index in [2.05, 4.69) is 15.3 Å². The Hall–Kier alpha value is -6.17. The quantitative estimate of drug-likeness (QED) is 0.0413. The first-order chi connectivity index (χ1) is 25.6. The van der Waals surface area contributed by atoms with Crippen molar-refractivity contribution in [1.29, 1.82) is 0 Å². The Labute approximate surface area is 302 Å². The van der Waals surface area contributed by atoms with Gasteiger partial charge in [0.15, 0.2) is 11.6 Å². The number of aliphatic hydroxyl groups is 1. The number of benzene rings is 5. The fourth-order valence-corrected chi connectivity index (χ4v) is 6.11. The van der Waals surface area contributed by atoms with Crippen LogP contribution in [0.25, 0.3) is 21.6 Å². The third-order valence-electron chi connectivity index (χ3n) is 8.69. The van der Waals surface area contributed by atoms with E-state index in [4.69, 9.17) is 19.6 Å². The summed E-state index contributed by atoms with van der Waals surface area (Å²) in [5.74, 6) is -1.19. The number of aliphatic imine (C=N–C) groups is 1. The van der Waals surface area contributed by atoms with Crippen LogP contribution in [0.3, 0.4) is 0 Å². The van der Waals surface area contributed by atoms with Gasteiger partial charge in [0, 0.05) is 42.2 Å². The molecule has 1 heterocycles. The number of carbonyl (C=O) groups is 1. The molecule has 0 unspecified atom stereocenters. The van der Waals surface area contributed by atoms with Crippen molar-refractivity contribution in [3.05, 3.63) is 165 Å². The molecule has 13 heteroatoms. The van der Waals surface area contributed by atoms with Crippen molar-refractivity contribution in [3.63, 3.8) is 0 Å². The molecule has 5 aromatic carbocycles. The first-order valence-corrected chi connectivity index (χ1v) is 16.6. The van der Waals surface area contributed by atoms with Crippen LogP contribution < -0.4 is 10.1 Å².